The molecule has 0 heterocycles. The average Bonchev–Trinajstić information content (AvgIpc) is 2.82. The number of hydrogen-bond acceptors (Lipinski definition) is 3. The van der Waals surface area contributed by atoms with E-state index in [1.165, 1.54) is 16.3 Å². The van der Waals surface area contributed by atoms with Crippen molar-refractivity contribution in [1.29, 1.82) is 0 Å². The van der Waals surface area contributed by atoms with E-state index in [-0.39, 0.29) is 0 Å². The number of hydrogen-bond donors (Lipinski definition) is 1. The zero-order valence-electron chi connectivity index (χ0n) is 17.5. The fourth-order valence-electron chi connectivity index (χ4n) is 3.58. The Morgan fingerprint density at radius 1 is 0.767 bits per heavy atom. The molecule has 30 heavy (non-hydrogen) atoms. The first-order chi connectivity index (χ1) is 14.8. The van der Waals surface area contributed by atoms with Crippen LogP contribution in [0.25, 0.3) is 10.8 Å². The van der Waals surface area contributed by atoms with Crippen LogP contribution in [0, 0.1) is 0 Å². The number of ether oxygens (including phenoxy) is 2. The van der Waals surface area contributed by atoms with Gasteiger partial charge in [-0.1, -0.05) is 67.6 Å². The minimum atomic E-state index is 0.499. The smallest absolute Gasteiger partial charge is 0.161 e. The lowest BCUT2D eigenvalue weighted by Crippen LogP contribution is -2.02. The van der Waals surface area contributed by atoms with Crippen molar-refractivity contribution >= 4 is 16.5 Å². The van der Waals surface area contributed by atoms with E-state index in [2.05, 4.69) is 85.0 Å². The molecule has 0 unspecified atom stereocenters. The van der Waals surface area contributed by atoms with Gasteiger partial charge < -0.3 is 14.8 Å². The Morgan fingerprint density at radius 3 is 2.33 bits per heavy atom. The van der Waals surface area contributed by atoms with E-state index < -0.39 is 0 Å². The lowest BCUT2D eigenvalue weighted by Gasteiger charge is -2.14. The van der Waals surface area contributed by atoms with Crippen molar-refractivity contribution in [2.45, 2.75) is 26.5 Å². The van der Waals surface area contributed by atoms with Crippen LogP contribution in [-0.4, -0.2) is 7.11 Å². The van der Waals surface area contributed by atoms with Crippen molar-refractivity contribution in [3.05, 3.63) is 102 Å². The molecule has 0 aromatic heterocycles. The number of methoxy groups -OCH3 is 1. The SMILES string of the molecule is CCc1ccc(NCc2ccc(OCc3cccc4ccccc34)c(OC)c2)cc1. The predicted molar refractivity (Wildman–Crippen MR) is 124 cm³/mol. The van der Waals surface area contributed by atoms with Crippen LogP contribution in [-0.2, 0) is 19.6 Å². The third-order valence-corrected chi connectivity index (χ3v) is 5.35. The fraction of sp³-hybridized carbons (Fsp3) is 0.185. The van der Waals surface area contributed by atoms with Gasteiger partial charge in [-0.25, -0.2) is 0 Å². The molecule has 3 heteroatoms. The monoisotopic (exact) mass is 397 g/mol. The summed E-state index contributed by atoms with van der Waals surface area (Å²) in [6.45, 7) is 3.39. The minimum absolute atomic E-state index is 0.499. The maximum Gasteiger partial charge on any atom is 0.161 e. The second kappa shape index (κ2) is 9.36. The summed E-state index contributed by atoms with van der Waals surface area (Å²) in [5.41, 5.74) is 4.76. The molecule has 152 valence electrons. The Bertz CT molecular complexity index is 1110. The van der Waals surface area contributed by atoms with Crippen LogP contribution in [0.1, 0.15) is 23.6 Å². The molecule has 0 fully saturated rings. The molecule has 4 aromatic rings. The topological polar surface area (TPSA) is 30.5 Å². The van der Waals surface area contributed by atoms with Crippen molar-refractivity contribution < 1.29 is 9.47 Å². The summed E-state index contributed by atoms with van der Waals surface area (Å²) in [6.07, 6.45) is 1.05. The van der Waals surface area contributed by atoms with Crippen LogP contribution in [0.4, 0.5) is 5.69 Å². The number of fused-ring (bicyclic) bond motifs is 1. The summed E-state index contributed by atoms with van der Waals surface area (Å²) in [7, 11) is 1.68. The molecule has 0 saturated heterocycles. The molecule has 0 bridgehead atoms. The minimum Gasteiger partial charge on any atom is -0.493 e. The summed E-state index contributed by atoms with van der Waals surface area (Å²) < 4.78 is 11.7. The lowest BCUT2D eigenvalue weighted by molar-refractivity contribution is 0.285. The second-order valence-electron chi connectivity index (χ2n) is 7.32. The quantitative estimate of drug-likeness (QED) is 0.363. The highest BCUT2D eigenvalue weighted by Crippen LogP contribution is 2.30. The summed E-state index contributed by atoms with van der Waals surface area (Å²) in [4.78, 5) is 0. The van der Waals surface area contributed by atoms with Gasteiger partial charge in [0.25, 0.3) is 0 Å². The first kappa shape index (κ1) is 19.8. The molecule has 0 radical (unpaired) electrons. The van der Waals surface area contributed by atoms with Gasteiger partial charge in [-0.2, -0.15) is 0 Å². The molecule has 4 rings (SSSR count). The largest absolute Gasteiger partial charge is 0.493 e. The van der Waals surface area contributed by atoms with Crippen molar-refractivity contribution in [3.8, 4) is 11.5 Å². The Hall–Kier alpha value is -3.46. The standard InChI is InChI=1S/C27H27NO2/c1-3-20-11-14-24(15-12-20)28-18-21-13-16-26(27(17-21)29-2)30-19-23-9-6-8-22-7-4-5-10-25(22)23/h4-17,28H,3,18-19H2,1-2H3. The molecule has 0 aliphatic rings. The molecule has 0 aliphatic heterocycles. The van der Waals surface area contributed by atoms with Gasteiger partial charge in [0.2, 0.25) is 0 Å². The van der Waals surface area contributed by atoms with E-state index in [4.69, 9.17) is 9.47 Å². The molecule has 0 amide bonds. The van der Waals surface area contributed by atoms with Crippen LogP contribution < -0.4 is 14.8 Å². The molecular weight excluding hydrogens is 370 g/mol. The van der Waals surface area contributed by atoms with Gasteiger partial charge in [0.1, 0.15) is 6.61 Å². The first-order valence-electron chi connectivity index (χ1n) is 10.4. The Labute approximate surface area is 178 Å². The highest BCUT2D eigenvalue weighted by atomic mass is 16.5. The van der Waals surface area contributed by atoms with E-state index in [9.17, 15) is 0 Å². The molecule has 0 atom stereocenters. The van der Waals surface area contributed by atoms with Crippen molar-refractivity contribution in [1.82, 2.24) is 0 Å². The second-order valence-corrected chi connectivity index (χ2v) is 7.32. The number of anilines is 1. The van der Waals surface area contributed by atoms with Crippen molar-refractivity contribution in [2.24, 2.45) is 0 Å². The highest BCUT2D eigenvalue weighted by Gasteiger charge is 2.08. The molecule has 1 N–H and O–H groups in total. The van der Waals surface area contributed by atoms with Gasteiger partial charge in [-0.3, -0.25) is 0 Å². The number of nitrogens with one attached hydrogen (secondary N) is 1. The third kappa shape index (κ3) is 4.57. The van der Waals surface area contributed by atoms with Gasteiger partial charge in [0, 0.05) is 12.2 Å². The average molecular weight is 398 g/mol. The highest BCUT2D eigenvalue weighted by molar-refractivity contribution is 5.85. The molecule has 0 spiro atoms. The van der Waals surface area contributed by atoms with Crippen LogP contribution in [0.5, 0.6) is 11.5 Å². The van der Waals surface area contributed by atoms with E-state index in [1.54, 1.807) is 7.11 Å². The summed E-state index contributed by atoms with van der Waals surface area (Å²) in [5, 5.41) is 5.90. The first-order valence-corrected chi connectivity index (χ1v) is 10.4. The molecule has 0 saturated carbocycles. The molecule has 4 aromatic carbocycles. The zero-order chi connectivity index (χ0) is 20.8. The number of benzene rings is 4. The molecular formula is C27H27NO2. The van der Waals surface area contributed by atoms with Crippen LogP contribution >= 0.6 is 0 Å². The van der Waals surface area contributed by atoms with Gasteiger partial charge in [-0.05, 0) is 58.1 Å². The zero-order valence-corrected chi connectivity index (χ0v) is 17.5. The van der Waals surface area contributed by atoms with Crippen LogP contribution in [0.3, 0.4) is 0 Å². The predicted octanol–water partition coefficient (Wildman–Crippen LogP) is 6.60. The number of aryl methyl sites for hydroxylation is 1. The van der Waals surface area contributed by atoms with E-state index in [0.29, 0.717) is 6.61 Å². The summed E-state index contributed by atoms with van der Waals surface area (Å²) in [5.74, 6) is 1.50. The van der Waals surface area contributed by atoms with E-state index >= 15 is 0 Å². The van der Waals surface area contributed by atoms with Gasteiger partial charge >= 0.3 is 0 Å². The third-order valence-electron chi connectivity index (χ3n) is 5.35. The van der Waals surface area contributed by atoms with E-state index in [1.807, 2.05) is 12.1 Å². The fourth-order valence-corrected chi connectivity index (χ4v) is 3.58. The Kier molecular flexibility index (Phi) is 6.19. The summed E-state index contributed by atoms with van der Waals surface area (Å²) in [6, 6.07) is 29.3. The van der Waals surface area contributed by atoms with Gasteiger partial charge in [0.05, 0.1) is 7.11 Å². The van der Waals surface area contributed by atoms with Gasteiger partial charge in [-0.15, -0.1) is 0 Å². The maximum absolute atomic E-state index is 6.12. The normalized spacial score (nSPS) is 10.7. The Morgan fingerprint density at radius 2 is 1.53 bits per heavy atom. The van der Waals surface area contributed by atoms with Crippen molar-refractivity contribution in [3.63, 3.8) is 0 Å². The van der Waals surface area contributed by atoms with Crippen LogP contribution in [0.15, 0.2) is 84.9 Å². The Balaban J connectivity index is 1.44. The van der Waals surface area contributed by atoms with E-state index in [0.717, 1.165) is 41.3 Å². The molecule has 3 nitrogen and oxygen atoms in total. The van der Waals surface area contributed by atoms with Gasteiger partial charge in [0.15, 0.2) is 11.5 Å². The van der Waals surface area contributed by atoms with Crippen molar-refractivity contribution in [2.75, 3.05) is 12.4 Å². The van der Waals surface area contributed by atoms with Crippen LogP contribution in [0.2, 0.25) is 0 Å². The summed E-state index contributed by atoms with van der Waals surface area (Å²) >= 11 is 0. The maximum atomic E-state index is 6.12. The number of rotatable bonds is 8. The lowest BCUT2D eigenvalue weighted by atomic mass is 10.1. The molecule has 0 aliphatic carbocycles.